The van der Waals surface area contributed by atoms with Gasteiger partial charge in [-0.2, -0.15) is 0 Å². The Bertz CT molecular complexity index is 649. The molecule has 0 aliphatic rings. The van der Waals surface area contributed by atoms with Gasteiger partial charge in [-0.3, -0.25) is 0 Å². The third-order valence-corrected chi connectivity index (χ3v) is 4.73. The minimum atomic E-state index is -4.92. The van der Waals surface area contributed by atoms with Gasteiger partial charge in [0.25, 0.3) is 0 Å². The van der Waals surface area contributed by atoms with Crippen molar-refractivity contribution in [2.24, 2.45) is 0 Å². The van der Waals surface area contributed by atoms with Crippen LogP contribution in [0.5, 0.6) is 0 Å². The van der Waals surface area contributed by atoms with Crippen molar-refractivity contribution in [2.75, 3.05) is 11.8 Å². The minimum absolute atomic E-state index is 0. The summed E-state index contributed by atoms with van der Waals surface area (Å²) in [6.45, 7) is 0. The van der Waals surface area contributed by atoms with Crippen LogP contribution < -0.4 is 59.1 Å². The molecule has 0 radical (unpaired) electrons. The topological polar surface area (TPSA) is 114 Å². The molecule has 0 amide bonds. The zero-order chi connectivity index (χ0) is 15.6. The largest absolute Gasteiger partial charge is 1.00 e. The molecule has 0 saturated carbocycles. The van der Waals surface area contributed by atoms with Crippen molar-refractivity contribution in [3.63, 3.8) is 0 Å². The van der Waals surface area contributed by atoms with Crippen molar-refractivity contribution in [1.82, 2.24) is 0 Å². The number of alkyl halides is 2. The van der Waals surface area contributed by atoms with E-state index >= 15 is 0 Å². The van der Waals surface area contributed by atoms with E-state index in [4.69, 9.17) is 23.2 Å². The molecule has 0 saturated heterocycles. The Morgan fingerprint density at radius 1 is 0.773 bits per heavy atom. The van der Waals surface area contributed by atoms with E-state index in [1.54, 1.807) is 0 Å². The quantitative estimate of drug-likeness (QED) is 0.265. The molecule has 0 bridgehead atoms. The third kappa shape index (κ3) is 7.25. The Morgan fingerprint density at radius 2 is 1.09 bits per heavy atom. The van der Waals surface area contributed by atoms with E-state index in [9.17, 15) is 25.9 Å². The summed E-state index contributed by atoms with van der Waals surface area (Å²) in [5.41, 5.74) is 0.144. The smallest absolute Gasteiger partial charge is 0.744 e. The molecule has 114 valence electrons. The zero-order valence-electron chi connectivity index (χ0n) is 12.0. The molecule has 0 unspecified atom stereocenters. The van der Waals surface area contributed by atoms with Gasteiger partial charge in [0.15, 0.2) is 0 Å². The predicted octanol–water partition coefficient (Wildman–Crippen LogP) is -4.93. The standard InChI is InChI=1S/C10H12Cl2O6S2.2Na/c11-3-1-7-5-8(2-4-12)10(20(16,17)18)6-9(7)19(13,14)15;;/h5-6H,1-4H2,(H,13,14,15)(H,16,17,18);;/q;2*+1/p-2. The second kappa shape index (κ2) is 10.6. The Hall–Kier alpha value is 1.62. The van der Waals surface area contributed by atoms with E-state index < -0.39 is 30.0 Å². The summed E-state index contributed by atoms with van der Waals surface area (Å²) in [7, 11) is -9.83. The average molecular weight is 407 g/mol. The fraction of sp³-hybridized carbons (Fsp3) is 0.400. The predicted molar refractivity (Wildman–Crippen MR) is 71.2 cm³/mol. The molecule has 6 nitrogen and oxygen atoms in total. The normalized spacial score (nSPS) is 11.5. The number of hydrogen-bond acceptors (Lipinski definition) is 6. The monoisotopic (exact) mass is 406 g/mol. The maximum atomic E-state index is 11.2. The number of benzene rings is 1. The van der Waals surface area contributed by atoms with Crippen LogP contribution in [0.25, 0.3) is 0 Å². The zero-order valence-corrected chi connectivity index (χ0v) is 19.1. The van der Waals surface area contributed by atoms with E-state index in [0.29, 0.717) is 6.07 Å². The summed E-state index contributed by atoms with van der Waals surface area (Å²) in [5.74, 6) is 0.0681. The summed E-state index contributed by atoms with van der Waals surface area (Å²) < 4.78 is 66.9. The minimum Gasteiger partial charge on any atom is -0.744 e. The van der Waals surface area contributed by atoms with Crippen LogP contribution in [0.2, 0.25) is 0 Å². The van der Waals surface area contributed by atoms with Gasteiger partial charge in [0.05, 0.1) is 9.79 Å². The Labute approximate surface area is 184 Å². The molecule has 0 spiro atoms. The number of aryl methyl sites for hydroxylation is 2. The van der Waals surface area contributed by atoms with Gasteiger partial charge in [0.2, 0.25) is 0 Å². The second-order valence-electron chi connectivity index (χ2n) is 3.85. The van der Waals surface area contributed by atoms with Gasteiger partial charge in [0.1, 0.15) is 20.2 Å². The van der Waals surface area contributed by atoms with Gasteiger partial charge >= 0.3 is 59.1 Å². The fourth-order valence-electron chi connectivity index (χ4n) is 1.72. The van der Waals surface area contributed by atoms with Gasteiger partial charge in [-0.15, -0.1) is 23.2 Å². The van der Waals surface area contributed by atoms with Crippen LogP contribution in [0.4, 0.5) is 0 Å². The molecule has 1 aromatic rings. The first-order chi connectivity index (χ1) is 9.11. The first-order valence-electron chi connectivity index (χ1n) is 5.30. The molecule has 0 fully saturated rings. The maximum absolute atomic E-state index is 11.2. The van der Waals surface area contributed by atoms with Crippen molar-refractivity contribution in [2.45, 2.75) is 22.6 Å². The number of halogens is 2. The Kier molecular flexibility index (Phi) is 12.4. The fourth-order valence-corrected chi connectivity index (χ4v) is 3.69. The molecule has 0 atom stereocenters. The van der Waals surface area contributed by atoms with Crippen LogP contribution in [0.15, 0.2) is 21.9 Å². The maximum Gasteiger partial charge on any atom is 1.00 e. The molecular weight excluding hydrogens is 397 g/mol. The summed E-state index contributed by atoms with van der Waals surface area (Å²) in [6.07, 6.45) is 0.0969. The molecular formula is C10H10Cl2Na2O6S2. The van der Waals surface area contributed by atoms with E-state index in [2.05, 4.69) is 0 Å². The molecule has 0 aromatic heterocycles. The van der Waals surface area contributed by atoms with Crippen LogP contribution in [-0.2, 0) is 33.1 Å². The molecule has 12 heteroatoms. The summed E-state index contributed by atoms with van der Waals surface area (Å²) in [4.78, 5) is -1.49. The van der Waals surface area contributed by atoms with E-state index in [1.165, 1.54) is 6.07 Å². The molecule has 0 N–H and O–H groups in total. The van der Waals surface area contributed by atoms with Gasteiger partial charge in [-0.25, -0.2) is 16.8 Å². The second-order valence-corrected chi connectivity index (χ2v) is 7.31. The molecule has 1 rings (SSSR count). The average Bonchev–Trinajstić information content (AvgIpc) is 2.26. The first-order valence-corrected chi connectivity index (χ1v) is 9.19. The summed E-state index contributed by atoms with van der Waals surface area (Å²) in [6, 6.07) is 1.77. The third-order valence-electron chi connectivity index (χ3n) is 2.51. The van der Waals surface area contributed by atoms with Gasteiger partial charge in [0, 0.05) is 11.8 Å². The Morgan fingerprint density at radius 3 is 1.32 bits per heavy atom. The first kappa shape index (κ1) is 25.9. The van der Waals surface area contributed by atoms with Crippen molar-refractivity contribution in [1.29, 1.82) is 0 Å². The van der Waals surface area contributed by atoms with Crippen LogP contribution in [-0.4, -0.2) is 37.7 Å². The van der Waals surface area contributed by atoms with Crippen molar-refractivity contribution in [3.05, 3.63) is 23.3 Å². The molecule has 22 heavy (non-hydrogen) atoms. The molecule has 1 aromatic carbocycles. The Balaban J connectivity index is 0. The van der Waals surface area contributed by atoms with Crippen LogP contribution in [0, 0.1) is 0 Å². The van der Waals surface area contributed by atoms with Crippen LogP contribution in [0.1, 0.15) is 11.1 Å². The van der Waals surface area contributed by atoms with E-state index in [0.717, 1.165) is 0 Å². The van der Waals surface area contributed by atoms with Crippen molar-refractivity contribution < 1.29 is 85.1 Å². The van der Waals surface area contributed by atoms with Gasteiger partial charge in [-0.05, 0) is 30.0 Å². The van der Waals surface area contributed by atoms with Crippen LogP contribution >= 0.6 is 23.2 Å². The number of rotatable bonds is 6. The van der Waals surface area contributed by atoms with Crippen LogP contribution in [0.3, 0.4) is 0 Å². The SMILES string of the molecule is O=S(=O)([O-])c1cc(S(=O)(=O)[O-])c(CCCl)cc1CCCl.[Na+].[Na+]. The molecule has 0 aliphatic heterocycles. The van der Waals surface area contributed by atoms with Crippen molar-refractivity contribution in [3.8, 4) is 0 Å². The van der Waals surface area contributed by atoms with Gasteiger partial charge < -0.3 is 9.11 Å². The van der Waals surface area contributed by atoms with Gasteiger partial charge in [-0.1, -0.05) is 6.07 Å². The van der Waals surface area contributed by atoms with E-state index in [-0.39, 0.29) is 94.8 Å². The summed E-state index contributed by atoms with van der Waals surface area (Å²) in [5, 5.41) is 0. The molecule has 0 aliphatic carbocycles. The van der Waals surface area contributed by atoms with Crippen molar-refractivity contribution >= 4 is 43.4 Å². The summed E-state index contributed by atoms with van der Waals surface area (Å²) >= 11 is 11.0. The number of hydrogen-bond donors (Lipinski definition) is 0. The van der Waals surface area contributed by atoms with E-state index in [1.807, 2.05) is 0 Å². The molecule has 0 heterocycles.